The fourth-order valence-electron chi connectivity index (χ4n) is 4.04. The van der Waals surface area contributed by atoms with Crippen LogP contribution in [0.5, 0.6) is 0 Å². The molecule has 0 bridgehead atoms. The number of carbonyl (C=O) groups excluding carboxylic acids is 1. The number of nitrogens with zero attached hydrogens (tertiary/aromatic N) is 5. The highest BCUT2D eigenvalue weighted by atomic mass is 16.2. The van der Waals surface area contributed by atoms with Gasteiger partial charge in [0.25, 0.3) is 5.91 Å². The number of piperidine rings is 1. The Kier molecular flexibility index (Phi) is 5.84. The summed E-state index contributed by atoms with van der Waals surface area (Å²) in [6.45, 7) is 6.66. The number of amides is 1. The molecule has 6 heteroatoms. The molecule has 1 saturated heterocycles. The minimum Gasteiger partial charge on any atom is -0.372 e. The van der Waals surface area contributed by atoms with Crippen molar-refractivity contribution in [1.82, 2.24) is 19.7 Å². The summed E-state index contributed by atoms with van der Waals surface area (Å²) in [5.41, 5.74) is 3.99. The Labute approximate surface area is 178 Å². The summed E-state index contributed by atoms with van der Waals surface area (Å²) in [7, 11) is 1.85. The first-order chi connectivity index (χ1) is 14.5. The number of hydrogen-bond donors (Lipinski definition) is 0. The zero-order valence-electron chi connectivity index (χ0n) is 18.0. The van der Waals surface area contributed by atoms with Gasteiger partial charge in [0.05, 0.1) is 5.69 Å². The van der Waals surface area contributed by atoms with Crippen LogP contribution in [0.15, 0.2) is 48.5 Å². The predicted octanol–water partition coefficient (Wildman–Crippen LogP) is 4.15. The molecule has 1 aliphatic heterocycles. The maximum Gasteiger partial charge on any atom is 0.253 e. The summed E-state index contributed by atoms with van der Waals surface area (Å²) < 4.78 is 1.79. The fourth-order valence-corrected chi connectivity index (χ4v) is 4.04. The average Bonchev–Trinajstić information content (AvgIpc) is 3.12. The van der Waals surface area contributed by atoms with Gasteiger partial charge >= 0.3 is 0 Å². The predicted molar refractivity (Wildman–Crippen MR) is 119 cm³/mol. The number of anilines is 1. The number of benzene rings is 2. The first kappa shape index (κ1) is 20.1. The first-order valence-electron chi connectivity index (χ1n) is 10.6. The van der Waals surface area contributed by atoms with Gasteiger partial charge in [-0.15, -0.1) is 0 Å². The van der Waals surface area contributed by atoms with Crippen molar-refractivity contribution in [2.24, 2.45) is 0 Å². The van der Waals surface area contributed by atoms with Crippen LogP contribution >= 0.6 is 0 Å². The second-order valence-electron chi connectivity index (χ2n) is 8.04. The normalized spacial score (nSPS) is 14.0. The molecule has 0 N–H and O–H groups in total. The second-order valence-corrected chi connectivity index (χ2v) is 8.04. The van der Waals surface area contributed by atoms with Crippen molar-refractivity contribution in [3.05, 3.63) is 71.3 Å². The first-order valence-corrected chi connectivity index (χ1v) is 10.6. The molecule has 156 valence electrons. The molecule has 0 unspecified atom stereocenters. The molecule has 1 aromatic heterocycles. The quantitative estimate of drug-likeness (QED) is 0.642. The van der Waals surface area contributed by atoms with E-state index >= 15 is 0 Å². The van der Waals surface area contributed by atoms with Gasteiger partial charge in [-0.3, -0.25) is 4.79 Å². The lowest BCUT2D eigenvalue weighted by Gasteiger charge is -2.29. The smallest absolute Gasteiger partial charge is 0.253 e. The Morgan fingerprint density at radius 1 is 0.933 bits per heavy atom. The van der Waals surface area contributed by atoms with E-state index in [-0.39, 0.29) is 5.91 Å². The van der Waals surface area contributed by atoms with Gasteiger partial charge in [-0.25, -0.2) is 9.67 Å². The lowest BCUT2D eigenvalue weighted by Crippen LogP contribution is -2.29. The molecule has 4 rings (SSSR count). The highest BCUT2D eigenvalue weighted by Crippen LogP contribution is 2.21. The standard InChI is InChI=1S/C24H29N5O/c1-18-25-19(2)29(26-18)23-13-9-21(10-14-23)24(30)27(3)17-20-7-11-22(12-8-20)28-15-5-4-6-16-28/h7-14H,4-6,15-17H2,1-3H3. The van der Waals surface area contributed by atoms with Gasteiger partial charge in [0, 0.05) is 37.9 Å². The van der Waals surface area contributed by atoms with E-state index in [1.54, 1.807) is 9.58 Å². The van der Waals surface area contributed by atoms with Crippen molar-refractivity contribution in [2.45, 2.75) is 39.7 Å². The van der Waals surface area contributed by atoms with Gasteiger partial charge in [0.1, 0.15) is 11.6 Å². The third-order valence-electron chi connectivity index (χ3n) is 5.66. The third-order valence-corrected chi connectivity index (χ3v) is 5.66. The molecule has 0 spiro atoms. The Hall–Kier alpha value is -3.15. The molecule has 6 nitrogen and oxygen atoms in total. The Morgan fingerprint density at radius 2 is 1.57 bits per heavy atom. The minimum atomic E-state index is 0.00755. The molecule has 0 aliphatic carbocycles. The average molecular weight is 404 g/mol. The van der Waals surface area contributed by atoms with Crippen LogP contribution in [0.2, 0.25) is 0 Å². The van der Waals surface area contributed by atoms with Crippen LogP contribution in [0, 0.1) is 13.8 Å². The number of carbonyl (C=O) groups is 1. The minimum absolute atomic E-state index is 0.00755. The van der Waals surface area contributed by atoms with E-state index < -0.39 is 0 Å². The largest absolute Gasteiger partial charge is 0.372 e. The maximum atomic E-state index is 12.9. The van der Waals surface area contributed by atoms with Crippen LogP contribution in [-0.2, 0) is 6.54 Å². The van der Waals surface area contributed by atoms with Gasteiger partial charge < -0.3 is 9.80 Å². The molecule has 30 heavy (non-hydrogen) atoms. The maximum absolute atomic E-state index is 12.9. The van der Waals surface area contributed by atoms with Crippen molar-refractivity contribution in [3.63, 3.8) is 0 Å². The van der Waals surface area contributed by atoms with Crippen LogP contribution < -0.4 is 4.90 Å². The molecule has 0 saturated carbocycles. The Balaban J connectivity index is 1.40. The summed E-state index contributed by atoms with van der Waals surface area (Å²) >= 11 is 0. The van der Waals surface area contributed by atoms with Crippen molar-refractivity contribution in [2.75, 3.05) is 25.0 Å². The molecule has 0 radical (unpaired) electrons. The van der Waals surface area contributed by atoms with Crippen molar-refractivity contribution in [1.29, 1.82) is 0 Å². The highest BCUT2D eigenvalue weighted by molar-refractivity contribution is 5.94. The monoisotopic (exact) mass is 403 g/mol. The number of aryl methyl sites for hydroxylation is 2. The summed E-state index contributed by atoms with van der Waals surface area (Å²) in [5, 5.41) is 4.39. The topological polar surface area (TPSA) is 54.3 Å². The van der Waals surface area contributed by atoms with E-state index in [1.165, 1.54) is 24.9 Å². The number of aromatic nitrogens is 3. The van der Waals surface area contributed by atoms with E-state index in [0.717, 1.165) is 36.0 Å². The van der Waals surface area contributed by atoms with Crippen LogP contribution in [0.3, 0.4) is 0 Å². The van der Waals surface area contributed by atoms with Gasteiger partial charge in [0.2, 0.25) is 0 Å². The Morgan fingerprint density at radius 3 is 2.17 bits per heavy atom. The molecular formula is C24H29N5O. The molecular weight excluding hydrogens is 374 g/mol. The molecule has 3 aromatic rings. The number of rotatable bonds is 5. The van der Waals surface area contributed by atoms with Gasteiger partial charge in [0.15, 0.2) is 0 Å². The van der Waals surface area contributed by atoms with Gasteiger partial charge in [-0.05, 0) is 75.1 Å². The lowest BCUT2D eigenvalue weighted by atomic mass is 10.1. The zero-order valence-corrected chi connectivity index (χ0v) is 18.0. The SMILES string of the molecule is Cc1nc(C)n(-c2ccc(C(=O)N(C)Cc3ccc(N4CCCCC4)cc3)cc2)n1. The molecule has 1 fully saturated rings. The van der Waals surface area contributed by atoms with Crippen molar-refractivity contribution in [3.8, 4) is 5.69 Å². The molecule has 2 heterocycles. The van der Waals surface area contributed by atoms with Gasteiger partial charge in [-0.2, -0.15) is 5.10 Å². The van der Waals surface area contributed by atoms with E-state index in [9.17, 15) is 4.79 Å². The van der Waals surface area contributed by atoms with Crippen molar-refractivity contribution < 1.29 is 4.79 Å². The molecule has 1 aliphatic rings. The van der Waals surface area contributed by atoms with E-state index in [0.29, 0.717) is 12.1 Å². The van der Waals surface area contributed by atoms with Crippen molar-refractivity contribution >= 4 is 11.6 Å². The molecule has 0 atom stereocenters. The van der Waals surface area contributed by atoms with Crippen LogP contribution in [0.25, 0.3) is 5.69 Å². The second kappa shape index (κ2) is 8.69. The van der Waals surface area contributed by atoms with Crippen LogP contribution in [0.4, 0.5) is 5.69 Å². The molecule has 2 aromatic carbocycles. The Bertz CT molecular complexity index is 1000. The fraction of sp³-hybridized carbons (Fsp3) is 0.375. The van der Waals surface area contributed by atoms with Gasteiger partial charge in [-0.1, -0.05) is 12.1 Å². The summed E-state index contributed by atoms with van der Waals surface area (Å²) in [5.74, 6) is 1.57. The summed E-state index contributed by atoms with van der Waals surface area (Å²) in [6.07, 6.45) is 3.88. The zero-order chi connectivity index (χ0) is 21.1. The van der Waals surface area contributed by atoms with E-state index in [4.69, 9.17) is 0 Å². The van der Waals surface area contributed by atoms with E-state index in [1.807, 2.05) is 45.2 Å². The third kappa shape index (κ3) is 4.37. The van der Waals surface area contributed by atoms with Crippen LogP contribution in [0.1, 0.15) is 46.8 Å². The summed E-state index contributed by atoms with van der Waals surface area (Å²) in [6, 6.07) is 16.1. The van der Waals surface area contributed by atoms with Crippen LogP contribution in [-0.4, -0.2) is 45.7 Å². The van der Waals surface area contributed by atoms with E-state index in [2.05, 4.69) is 39.2 Å². The highest BCUT2D eigenvalue weighted by Gasteiger charge is 2.14. The summed E-state index contributed by atoms with van der Waals surface area (Å²) in [4.78, 5) is 21.4. The number of hydrogen-bond acceptors (Lipinski definition) is 4. The molecule has 1 amide bonds. The lowest BCUT2D eigenvalue weighted by molar-refractivity contribution is 0.0785.